The summed E-state index contributed by atoms with van der Waals surface area (Å²) >= 11 is 0. The van der Waals surface area contributed by atoms with Crippen LogP contribution in [-0.2, 0) is 23.1 Å². The van der Waals surface area contributed by atoms with Crippen LogP contribution in [0.5, 0.6) is 0 Å². The topological polar surface area (TPSA) is 60.6 Å². The summed E-state index contributed by atoms with van der Waals surface area (Å²) in [6.07, 6.45) is 1.38. The molecule has 0 radical (unpaired) electrons. The molecule has 3 unspecified atom stereocenters. The molecule has 3 atom stereocenters. The third-order valence-corrected chi connectivity index (χ3v) is 4.15. The molecule has 2 aliphatic heterocycles. The van der Waals surface area contributed by atoms with Crippen LogP contribution in [0.25, 0.3) is 0 Å². The first-order valence-corrected chi connectivity index (χ1v) is 7.06. The lowest BCUT2D eigenvalue weighted by atomic mass is 10.5. The van der Waals surface area contributed by atoms with Crippen molar-refractivity contribution in [1.29, 1.82) is 0 Å². The van der Waals surface area contributed by atoms with E-state index in [1.165, 1.54) is 0 Å². The van der Waals surface area contributed by atoms with E-state index in [1.54, 1.807) is 0 Å². The zero-order valence-corrected chi connectivity index (χ0v) is 9.78. The maximum absolute atomic E-state index is 12.2. The highest BCUT2D eigenvalue weighted by Crippen LogP contribution is 2.51. The third-order valence-electron chi connectivity index (χ3n) is 2.18. The lowest BCUT2D eigenvalue weighted by Crippen LogP contribution is -2.08. The van der Waals surface area contributed by atoms with Gasteiger partial charge in [0.05, 0.1) is 38.7 Å². The first-order valence-electron chi connectivity index (χ1n) is 5.33. The molecule has 0 spiro atoms. The molecular formula is C9H17O5P. The maximum atomic E-state index is 12.2. The van der Waals surface area contributed by atoms with Crippen molar-refractivity contribution in [3.63, 3.8) is 0 Å². The van der Waals surface area contributed by atoms with E-state index >= 15 is 0 Å². The van der Waals surface area contributed by atoms with Crippen LogP contribution < -0.4 is 0 Å². The van der Waals surface area contributed by atoms with E-state index in [0.29, 0.717) is 32.6 Å². The average Bonchev–Trinajstić information content (AvgIpc) is 3.06. The highest BCUT2D eigenvalue weighted by molar-refractivity contribution is 7.53. The van der Waals surface area contributed by atoms with Crippen LogP contribution in [0.2, 0.25) is 0 Å². The molecule has 0 amide bonds. The lowest BCUT2D eigenvalue weighted by Gasteiger charge is -2.16. The quantitative estimate of drug-likeness (QED) is 0.471. The smallest absolute Gasteiger partial charge is 0.333 e. The molecule has 0 saturated carbocycles. The Kier molecular flexibility index (Phi) is 3.80. The van der Waals surface area contributed by atoms with Crippen molar-refractivity contribution in [2.45, 2.75) is 25.6 Å². The van der Waals surface area contributed by atoms with Crippen LogP contribution in [0, 0.1) is 0 Å². The van der Waals surface area contributed by atoms with Gasteiger partial charge in [-0.15, -0.1) is 0 Å². The number of hydrogen-bond donors (Lipinski definition) is 0. The Bertz CT molecular complexity index is 249. The molecule has 0 N–H and O–H groups in total. The number of epoxide rings is 2. The standard InChI is InChI=1S/C9H17O5P/c1-2-3-13-15(10,7-9-5-12-9)14-6-8-4-11-8/h8-9H,2-7H2,1H3. The normalized spacial score (nSPS) is 32.3. The van der Waals surface area contributed by atoms with Gasteiger partial charge in [-0.3, -0.25) is 4.57 Å². The van der Waals surface area contributed by atoms with Gasteiger partial charge in [0.25, 0.3) is 0 Å². The first-order chi connectivity index (χ1) is 7.22. The van der Waals surface area contributed by atoms with E-state index in [-0.39, 0.29) is 12.2 Å². The fourth-order valence-electron chi connectivity index (χ4n) is 1.16. The molecule has 6 heteroatoms. The van der Waals surface area contributed by atoms with Gasteiger partial charge in [-0.1, -0.05) is 6.92 Å². The lowest BCUT2D eigenvalue weighted by molar-refractivity contribution is 0.187. The highest BCUT2D eigenvalue weighted by Gasteiger charge is 2.37. The molecule has 2 heterocycles. The van der Waals surface area contributed by atoms with Crippen molar-refractivity contribution in [2.75, 3.05) is 32.6 Å². The summed E-state index contributed by atoms with van der Waals surface area (Å²) in [6, 6.07) is 0. The van der Waals surface area contributed by atoms with Crippen molar-refractivity contribution >= 4 is 7.60 Å². The van der Waals surface area contributed by atoms with Gasteiger partial charge in [0.1, 0.15) is 6.10 Å². The van der Waals surface area contributed by atoms with Crippen molar-refractivity contribution in [1.82, 2.24) is 0 Å². The molecule has 0 bridgehead atoms. The summed E-state index contributed by atoms with van der Waals surface area (Å²) in [5.74, 6) is 0. The van der Waals surface area contributed by atoms with Crippen molar-refractivity contribution in [3.8, 4) is 0 Å². The number of ether oxygens (including phenoxy) is 2. The van der Waals surface area contributed by atoms with Gasteiger partial charge in [0.15, 0.2) is 0 Å². The predicted octanol–water partition coefficient (Wildman–Crippen LogP) is 1.42. The van der Waals surface area contributed by atoms with Crippen molar-refractivity contribution in [3.05, 3.63) is 0 Å². The van der Waals surface area contributed by atoms with Crippen LogP contribution >= 0.6 is 7.60 Å². The van der Waals surface area contributed by atoms with Gasteiger partial charge in [-0.25, -0.2) is 0 Å². The molecule has 2 saturated heterocycles. The van der Waals surface area contributed by atoms with Crippen LogP contribution in [0.3, 0.4) is 0 Å². The predicted molar refractivity (Wildman–Crippen MR) is 54.1 cm³/mol. The zero-order valence-electron chi connectivity index (χ0n) is 8.89. The van der Waals surface area contributed by atoms with E-state index in [4.69, 9.17) is 18.5 Å². The van der Waals surface area contributed by atoms with E-state index in [0.717, 1.165) is 6.42 Å². The zero-order chi connectivity index (χ0) is 10.7. The Hall–Kier alpha value is 0.0700. The van der Waals surface area contributed by atoms with Crippen LogP contribution in [0.4, 0.5) is 0 Å². The molecule has 0 aromatic rings. The summed E-state index contributed by atoms with van der Waals surface area (Å²) in [5, 5.41) is 0. The summed E-state index contributed by atoms with van der Waals surface area (Å²) in [5.41, 5.74) is 0. The molecule has 15 heavy (non-hydrogen) atoms. The fourth-order valence-corrected chi connectivity index (χ4v) is 3.01. The fraction of sp³-hybridized carbons (Fsp3) is 1.00. The summed E-state index contributed by atoms with van der Waals surface area (Å²) in [7, 11) is -2.95. The largest absolute Gasteiger partial charge is 0.372 e. The second-order valence-corrected chi connectivity index (χ2v) is 5.94. The molecule has 5 nitrogen and oxygen atoms in total. The van der Waals surface area contributed by atoms with Gasteiger partial charge in [-0.05, 0) is 6.42 Å². The monoisotopic (exact) mass is 236 g/mol. The SMILES string of the molecule is CCCOP(=O)(CC1CO1)OCC1CO1. The molecule has 2 fully saturated rings. The summed E-state index contributed by atoms with van der Waals surface area (Å²) in [4.78, 5) is 0. The minimum atomic E-state index is -2.95. The Morgan fingerprint density at radius 2 is 1.93 bits per heavy atom. The van der Waals surface area contributed by atoms with E-state index in [2.05, 4.69) is 0 Å². The third kappa shape index (κ3) is 4.21. The summed E-state index contributed by atoms with van der Waals surface area (Å²) < 4.78 is 32.9. The summed E-state index contributed by atoms with van der Waals surface area (Å²) in [6.45, 7) is 4.18. The second-order valence-electron chi connectivity index (χ2n) is 3.83. The van der Waals surface area contributed by atoms with Crippen LogP contribution in [0.1, 0.15) is 13.3 Å². The van der Waals surface area contributed by atoms with Crippen LogP contribution in [0.15, 0.2) is 0 Å². The van der Waals surface area contributed by atoms with Crippen LogP contribution in [-0.4, -0.2) is 44.8 Å². The Morgan fingerprint density at radius 3 is 2.47 bits per heavy atom. The van der Waals surface area contributed by atoms with Crippen molar-refractivity contribution in [2.24, 2.45) is 0 Å². The molecule has 2 aliphatic rings. The maximum Gasteiger partial charge on any atom is 0.333 e. The minimum Gasteiger partial charge on any atom is -0.372 e. The molecular weight excluding hydrogens is 219 g/mol. The van der Waals surface area contributed by atoms with Gasteiger partial charge in [-0.2, -0.15) is 0 Å². The number of rotatable bonds is 8. The molecule has 0 aromatic heterocycles. The van der Waals surface area contributed by atoms with Gasteiger partial charge < -0.3 is 18.5 Å². The molecule has 0 aromatic carbocycles. The molecule has 88 valence electrons. The second kappa shape index (κ2) is 4.93. The Balaban J connectivity index is 1.77. The molecule has 0 aliphatic carbocycles. The van der Waals surface area contributed by atoms with Gasteiger partial charge in [0.2, 0.25) is 0 Å². The molecule has 2 rings (SSSR count). The number of hydrogen-bond acceptors (Lipinski definition) is 5. The minimum absolute atomic E-state index is 0.0628. The Morgan fingerprint density at radius 1 is 1.27 bits per heavy atom. The average molecular weight is 236 g/mol. The van der Waals surface area contributed by atoms with E-state index < -0.39 is 7.60 Å². The Labute approximate surface area is 89.6 Å². The van der Waals surface area contributed by atoms with E-state index in [1.807, 2.05) is 6.92 Å². The van der Waals surface area contributed by atoms with Crippen molar-refractivity contribution < 1.29 is 23.1 Å². The van der Waals surface area contributed by atoms with Gasteiger partial charge >= 0.3 is 7.60 Å². The van der Waals surface area contributed by atoms with Gasteiger partial charge in [0, 0.05) is 0 Å². The first kappa shape index (κ1) is 11.6. The highest BCUT2D eigenvalue weighted by atomic mass is 31.2. The van der Waals surface area contributed by atoms with E-state index in [9.17, 15) is 4.57 Å².